The fourth-order valence-corrected chi connectivity index (χ4v) is 2.42. The van der Waals surface area contributed by atoms with Crippen molar-refractivity contribution in [2.75, 3.05) is 0 Å². The molecule has 0 radical (unpaired) electrons. The lowest BCUT2D eigenvalue weighted by Crippen LogP contribution is -2.23. The summed E-state index contributed by atoms with van der Waals surface area (Å²) in [6.07, 6.45) is 2.42. The third-order valence-corrected chi connectivity index (χ3v) is 3.72. The summed E-state index contributed by atoms with van der Waals surface area (Å²) in [7, 11) is 0. The summed E-state index contributed by atoms with van der Waals surface area (Å²) in [6.45, 7) is 0.398. The van der Waals surface area contributed by atoms with E-state index in [2.05, 4.69) is 16.4 Å². The lowest BCUT2D eigenvalue weighted by Gasteiger charge is -2.04. The summed E-state index contributed by atoms with van der Waals surface area (Å²) in [5.41, 5.74) is 2.44. The topological polar surface area (TPSA) is 78.9 Å². The SMILES string of the molecule is N#Cc1cccc(CNC(=O)CCc2ncc(-c3ccccc3)o2)c1. The molecule has 5 nitrogen and oxygen atoms in total. The van der Waals surface area contributed by atoms with Crippen LogP contribution >= 0.6 is 0 Å². The number of rotatable bonds is 6. The van der Waals surface area contributed by atoms with E-state index in [1.54, 1.807) is 24.4 Å². The van der Waals surface area contributed by atoms with Gasteiger partial charge in [-0.3, -0.25) is 4.79 Å². The highest BCUT2D eigenvalue weighted by atomic mass is 16.4. The van der Waals surface area contributed by atoms with Gasteiger partial charge in [0.2, 0.25) is 5.91 Å². The van der Waals surface area contributed by atoms with Crippen LogP contribution in [0.2, 0.25) is 0 Å². The van der Waals surface area contributed by atoms with Gasteiger partial charge in [-0.1, -0.05) is 42.5 Å². The molecular formula is C20H17N3O2. The molecule has 1 aromatic heterocycles. The number of aryl methyl sites for hydroxylation is 1. The molecule has 1 heterocycles. The Morgan fingerprint density at radius 2 is 2.00 bits per heavy atom. The number of carbonyl (C=O) groups excluding carboxylic acids is 1. The highest BCUT2D eigenvalue weighted by Gasteiger charge is 2.09. The van der Waals surface area contributed by atoms with Crippen LogP contribution in [-0.4, -0.2) is 10.9 Å². The number of hydrogen-bond donors (Lipinski definition) is 1. The lowest BCUT2D eigenvalue weighted by atomic mass is 10.1. The van der Waals surface area contributed by atoms with Gasteiger partial charge in [-0.25, -0.2) is 4.98 Å². The molecule has 0 saturated carbocycles. The van der Waals surface area contributed by atoms with E-state index >= 15 is 0 Å². The molecule has 25 heavy (non-hydrogen) atoms. The quantitative estimate of drug-likeness (QED) is 0.750. The van der Waals surface area contributed by atoms with E-state index in [0.29, 0.717) is 36.6 Å². The van der Waals surface area contributed by atoms with Gasteiger partial charge >= 0.3 is 0 Å². The number of benzene rings is 2. The van der Waals surface area contributed by atoms with Crippen LogP contribution in [0, 0.1) is 11.3 Å². The van der Waals surface area contributed by atoms with Gasteiger partial charge in [0.1, 0.15) is 0 Å². The number of carbonyl (C=O) groups is 1. The van der Waals surface area contributed by atoms with E-state index in [-0.39, 0.29) is 5.91 Å². The Labute approximate surface area is 145 Å². The summed E-state index contributed by atoms with van der Waals surface area (Å²) >= 11 is 0. The number of amides is 1. The van der Waals surface area contributed by atoms with Crippen LogP contribution in [0.4, 0.5) is 0 Å². The molecule has 0 aliphatic rings. The summed E-state index contributed by atoms with van der Waals surface area (Å²) < 4.78 is 5.69. The Hall–Kier alpha value is -3.39. The monoisotopic (exact) mass is 331 g/mol. The molecule has 3 aromatic rings. The second kappa shape index (κ2) is 7.93. The third-order valence-electron chi connectivity index (χ3n) is 3.72. The molecule has 0 bridgehead atoms. The van der Waals surface area contributed by atoms with Crippen molar-refractivity contribution in [3.8, 4) is 17.4 Å². The number of hydrogen-bond acceptors (Lipinski definition) is 4. The molecule has 5 heteroatoms. The van der Waals surface area contributed by atoms with Gasteiger partial charge in [0.25, 0.3) is 0 Å². The van der Waals surface area contributed by atoms with E-state index in [4.69, 9.17) is 9.68 Å². The Kier molecular flexibility index (Phi) is 5.22. The van der Waals surface area contributed by atoms with Crippen LogP contribution in [0.5, 0.6) is 0 Å². The number of nitrogens with zero attached hydrogens (tertiary/aromatic N) is 2. The molecule has 124 valence electrons. The predicted octanol–water partition coefficient (Wildman–Crippen LogP) is 3.46. The first-order valence-electron chi connectivity index (χ1n) is 8.00. The molecule has 1 N–H and O–H groups in total. The Balaban J connectivity index is 1.49. The molecule has 0 fully saturated rings. The maximum atomic E-state index is 12.0. The minimum Gasteiger partial charge on any atom is -0.441 e. The zero-order valence-electron chi connectivity index (χ0n) is 13.6. The Morgan fingerprint density at radius 1 is 1.16 bits per heavy atom. The first-order chi connectivity index (χ1) is 12.2. The van der Waals surface area contributed by atoms with Gasteiger partial charge in [-0.2, -0.15) is 5.26 Å². The Morgan fingerprint density at radius 3 is 2.80 bits per heavy atom. The molecule has 0 aliphatic heterocycles. The van der Waals surface area contributed by atoms with E-state index in [0.717, 1.165) is 11.1 Å². The van der Waals surface area contributed by atoms with Crippen molar-refractivity contribution < 1.29 is 9.21 Å². The number of nitriles is 1. The normalized spacial score (nSPS) is 10.2. The largest absolute Gasteiger partial charge is 0.441 e. The third kappa shape index (κ3) is 4.55. The maximum Gasteiger partial charge on any atom is 0.220 e. The second-order valence-corrected chi connectivity index (χ2v) is 5.57. The first-order valence-corrected chi connectivity index (χ1v) is 8.00. The van der Waals surface area contributed by atoms with Crippen LogP contribution in [0.25, 0.3) is 11.3 Å². The highest BCUT2D eigenvalue weighted by Crippen LogP contribution is 2.20. The molecule has 1 amide bonds. The van der Waals surface area contributed by atoms with E-state index in [1.807, 2.05) is 36.4 Å². The van der Waals surface area contributed by atoms with Gasteiger partial charge < -0.3 is 9.73 Å². The number of nitrogens with one attached hydrogen (secondary N) is 1. The molecule has 3 rings (SSSR count). The molecule has 0 unspecified atom stereocenters. The zero-order chi connectivity index (χ0) is 17.5. The van der Waals surface area contributed by atoms with Crippen molar-refractivity contribution in [2.24, 2.45) is 0 Å². The first kappa shape index (κ1) is 16.5. The van der Waals surface area contributed by atoms with Gasteiger partial charge in [-0.05, 0) is 17.7 Å². The predicted molar refractivity (Wildman–Crippen MR) is 93.3 cm³/mol. The number of oxazole rings is 1. The molecular weight excluding hydrogens is 314 g/mol. The Bertz CT molecular complexity index is 895. The van der Waals surface area contributed by atoms with Gasteiger partial charge in [0.05, 0.1) is 17.8 Å². The summed E-state index contributed by atoms with van der Waals surface area (Å²) in [5, 5.41) is 11.7. The fourth-order valence-electron chi connectivity index (χ4n) is 2.42. The fraction of sp³-hybridized carbons (Fsp3) is 0.150. The zero-order valence-corrected chi connectivity index (χ0v) is 13.6. The van der Waals surface area contributed by atoms with Crippen molar-refractivity contribution in [1.82, 2.24) is 10.3 Å². The highest BCUT2D eigenvalue weighted by molar-refractivity contribution is 5.76. The van der Waals surface area contributed by atoms with Crippen molar-refractivity contribution in [1.29, 1.82) is 5.26 Å². The molecule has 0 spiro atoms. The van der Waals surface area contributed by atoms with Crippen LogP contribution < -0.4 is 5.32 Å². The number of aromatic nitrogens is 1. The van der Waals surface area contributed by atoms with Crippen molar-refractivity contribution in [3.63, 3.8) is 0 Å². The molecule has 2 aromatic carbocycles. The lowest BCUT2D eigenvalue weighted by molar-refractivity contribution is -0.121. The second-order valence-electron chi connectivity index (χ2n) is 5.57. The van der Waals surface area contributed by atoms with E-state index in [1.165, 1.54) is 0 Å². The average molecular weight is 331 g/mol. The van der Waals surface area contributed by atoms with Crippen molar-refractivity contribution in [3.05, 3.63) is 77.8 Å². The van der Waals surface area contributed by atoms with Gasteiger partial charge in [-0.15, -0.1) is 0 Å². The molecule has 0 saturated heterocycles. The van der Waals surface area contributed by atoms with Crippen molar-refractivity contribution >= 4 is 5.91 Å². The minimum atomic E-state index is -0.0816. The maximum absolute atomic E-state index is 12.0. The summed E-state index contributed by atoms with van der Waals surface area (Å²) in [5.74, 6) is 1.16. The van der Waals surface area contributed by atoms with Crippen LogP contribution in [0.3, 0.4) is 0 Å². The summed E-state index contributed by atoms with van der Waals surface area (Å²) in [6, 6.07) is 19.0. The smallest absolute Gasteiger partial charge is 0.220 e. The van der Waals surface area contributed by atoms with E-state index in [9.17, 15) is 4.79 Å². The average Bonchev–Trinajstić information content (AvgIpc) is 3.15. The van der Waals surface area contributed by atoms with Gasteiger partial charge in [0, 0.05) is 24.9 Å². The van der Waals surface area contributed by atoms with Crippen LogP contribution in [0.1, 0.15) is 23.4 Å². The molecule has 0 atom stereocenters. The van der Waals surface area contributed by atoms with E-state index < -0.39 is 0 Å². The molecule has 0 aliphatic carbocycles. The minimum absolute atomic E-state index is 0.0816. The standard InChI is InChI=1S/C20H17N3O2/c21-12-15-5-4-6-16(11-15)13-22-19(24)9-10-20-23-14-18(25-20)17-7-2-1-3-8-17/h1-8,11,14H,9-10,13H2,(H,22,24). The summed E-state index contributed by atoms with van der Waals surface area (Å²) in [4.78, 5) is 16.2. The van der Waals surface area contributed by atoms with Crippen molar-refractivity contribution in [2.45, 2.75) is 19.4 Å². The van der Waals surface area contributed by atoms with Crippen LogP contribution in [0.15, 0.2) is 65.2 Å². The van der Waals surface area contributed by atoms with Crippen LogP contribution in [-0.2, 0) is 17.8 Å². The van der Waals surface area contributed by atoms with Gasteiger partial charge in [0.15, 0.2) is 11.7 Å².